The van der Waals surface area contributed by atoms with Gasteiger partial charge in [0.2, 0.25) is 0 Å². The van der Waals surface area contributed by atoms with E-state index in [0.29, 0.717) is 6.54 Å². The fourth-order valence-electron chi connectivity index (χ4n) is 2.79. The number of ether oxygens (including phenoxy) is 1. The number of methoxy groups -OCH3 is 1. The van der Waals surface area contributed by atoms with Crippen LogP contribution in [0.15, 0.2) is 55.2 Å². The number of nitrogens with zero attached hydrogens (tertiary/aromatic N) is 5. The molecule has 0 aromatic carbocycles. The Morgan fingerprint density at radius 2 is 2.04 bits per heavy atom. The molecule has 7 heteroatoms. The van der Waals surface area contributed by atoms with Crippen molar-refractivity contribution in [2.24, 2.45) is 7.05 Å². The molecule has 0 aliphatic rings. The van der Waals surface area contributed by atoms with Crippen molar-refractivity contribution in [2.75, 3.05) is 12.4 Å². The van der Waals surface area contributed by atoms with Crippen LogP contribution in [0, 0.1) is 0 Å². The Labute approximate surface area is 144 Å². The molecule has 0 bridgehead atoms. The van der Waals surface area contributed by atoms with Crippen molar-refractivity contribution in [3.8, 4) is 16.9 Å². The van der Waals surface area contributed by atoms with Crippen LogP contribution in [0.1, 0.15) is 5.69 Å². The maximum absolute atomic E-state index is 5.60. The van der Waals surface area contributed by atoms with E-state index < -0.39 is 0 Å². The summed E-state index contributed by atoms with van der Waals surface area (Å²) in [6.45, 7) is 0.621. The maximum Gasteiger partial charge on any atom is 0.147 e. The smallest absolute Gasteiger partial charge is 0.147 e. The van der Waals surface area contributed by atoms with Gasteiger partial charge in [-0.2, -0.15) is 10.2 Å². The van der Waals surface area contributed by atoms with Crippen molar-refractivity contribution in [1.82, 2.24) is 24.4 Å². The van der Waals surface area contributed by atoms with Gasteiger partial charge < -0.3 is 10.1 Å². The molecule has 0 atom stereocenters. The molecule has 0 saturated carbocycles. The summed E-state index contributed by atoms with van der Waals surface area (Å²) in [5.74, 6) is 0.752. The lowest BCUT2D eigenvalue weighted by Crippen LogP contribution is -2.01. The van der Waals surface area contributed by atoms with Crippen molar-refractivity contribution in [3.63, 3.8) is 0 Å². The van der Waals surface area contributed by atoms with Crippen molar-refractivity contribution < 1.29 is 4.74 Å². The summed E-state index contributed by atoms with van der Waals surface area (Å²) in [6.07, 6.45) is 9.34. The Kier molecular flexibility index (Phi) is 3.81. The van der Waals surface area contributed by atoms with Crippen LogP contribution in [-0.4, -0.2) is 31.5 Å². The molecule has 0 aliphatic heterocycles. The van der Waals surface area contributed by atoms with E-state index in [0.717, 1.165) is 33.8 Å². The standard InChI is InChI=1S/C18H18N6O/c1-23-11-14(8-21-23)13-7-17(25-2)18-16(10-22-24(18)12-13)20-9-15-5-3-4-6-19-15/h3-8,10-12,20H,9H2,1-2H3. The second-order valence-corrected chi connectivity index (χ2v) is 5.73. The Bertz CT molecular complexity index is 1010. The predicted octanol–water partition coefficient (Wildman–Crippen LogP) is 2.75. The van der Waals surface area contributed by atoms with Gasteiger partial charge in [0, 0.05) is 36.8 Å². The Morgan fingerprint density at radius 1 is 1.12 bits per heavy atom. The van der Waals surface area contributed by atoms with E-state index in [-0.39, 0.29) is 0 Å². The Morgan fingerprint density at radius 3 is 2.76 bits per heavy atom. The number of hydrogen-bond acceptors (Lipinski definition) is 5. The highest BCUT2D eigenvalue weighted by Crippen LogP contribution is 2.32. The third-order valence-corrected chi connectivity index (χ3v) is 4.02. The largest absolute Gasteiger partial charge is 0.494 e. The molecule has 4 heterocycles. The lowest BCUT2D eigenvalue weighted by atomic mass is 10.1. The fraction of sp³-hybridized carbons (Fsp3) is 0.167. The number of anilines is 1. The highest BCUT2D eigenvalue weighted by atomic mass is 16.5. The molecule has 1 N–H and O–H groups in total. The van der Waals surface area contributed by atoms with Crippen molar-refractivity contribution in [3.05, 3.63) is 60.9 Å². The van der Waals surface area contributed by atoms with Gasteiger partial charge in [-0.15, -0.1) is 0 Å². The first-order valence-electron chi connectivity index (χ1n) is 7.93. The van der Waals surface area contributed by atoms with Gasteiger partial charge in [0.25, 0.3) is 0 Å². The molecule has 4 rings (SSSR count). The van der Waals surface area contributed by atoms with E-state index in [9.17, 15) is 0 Å². The SMILES string of the molecule is COc1cc(-c2cnn(C)c2)cn2ncc(NCc3ccccn3)c12. The molecular formula is C18H18N6O. The highest BCUT2D eigenvalue weighted by molar-refractivity contribution is 5.81. The number of fused-ring (bicyclic) bond motifs is 1. The first kappa shape index (κ1) is 15.2. The van der Waals surface area contributed by atoms with Crippen molar-refractivity contribution in [1.29, 1.82) is 0 Å². The van der Waals surface area contributed by atoms with Gasteiger partial charge in [0.1, 0.15) is 11.3 Å². The lowest BCUT2D eigenvalue weighted by Gasteiger charge is -2.09. The number of aromatic nitrogens is 5. The van der Waals surface area contributed by atoms with Crippen molar-refractivity contribution >= 4 is 11.2 Å². The van der Waals surface area contributed by atoms with Crippen LogP contribution < -0.4 is 10.1 Å². The lowest BCUT2D eigenvalue weighted by molar-refractivity contribution is 0.418. The van der Waals surface area contributed by atoms with Gasteiger partial charge >= 0.3 is 0 Å². The van der Waals surface area contributed by atoms with Gasteiger partial charge in [-0.1, -0.05) is 6.07 Å². The summed E-state index contributed by atoms with van der Waals surface area (Å²) in [5.41, 5.74) is 4.78. The van der Waals surface area contributed by atoms with E-state index in [1.807, 2.05) is 54.4 Å². The summed E-state index contributed by atoms with van der Waals surface area (Å²) in [6, 6.07) is 7.86. The zero-order chi connectivity index (χ0) is 17.2. The maximum atomic E-state index is 5.60. The van der Waals surface area contributed by atoms with E-state index in [4.69, 9.17) is 4.74 Å². The quantitative estimate of drug-likeness (QED) is 0.608. The molecule has 25 heavy (non-hydrogen) atoms. The zero-order valence-electron chi connectivity index (χ0n) is 14.0. The van der Waals surface area contributed by atoms with Crippen LogP contribution >= 0.6 is 0 Å². The second kappa shape index (κ2) is 6.27. The molecule has 0 fully saturated rings. The normalized spacial score (nSPS) is 11.0. The van der Waals surface area contributed by atoms with Crippen molar-refractivity contribution in [2.45, 2.75) is 6.54 Å². The van der Waals surface area contributed by atoms with Crippen LogP contribution in [-0.2, 0) is 13.6 Å². The molecule has 0 spiro atoms. The third kappa shape index (κ3) is 2.91. The van der Waals surface area contributed by atoms with Gasteiger partial charge in [-0.25, -0.2) is 4.52 Å². The highest BCUT2D eigenvalue weighted by Gasteiger charge is 2.13. The molecule has 4 aromatic heterocycles. The van der Waals surface area contributed by atoms with Crippen LogP contribution in [0.25, 0.3) is 16.6 Å². The Hall–Kier alpha value is -3.35. The Balaban J connectivity index is 1.70. The number of hydrogen-bond donors (Lipinski definition) is 1. The number of nitrogens with one attached hydrogen (secondary N) is 1. The first-order valence-corrected chi connectivity index (χ1v) is 7.93. The molecule has 0 radical (unpaired) electrons. The molecular weight excluding hydrogens is 316 g/mol. The van der Waals surface area contributed by atoms with Crippen LogP contribution in [0.3, 0.4) is 0 Å². The number of rotatable bonds is 5. The number of aryl methyl sites for hydroxylation is 1. The third-order valence-electron chi connectivity index (χ3n) is 4.02. The topological polar surface area (TPSA) is 69.3 Å². The zero-order valence-corrected chi connectivity index (χ0v) is 14.0. The minimum atomic E-state index is 0.621. The minimum absolute atomic E-state index is 0.621. The van der Waals surface area contributed by atoms with Crippen LogP contribution in [0.5, 0.6) is 5.75 Å². The molecule has 126 valence electrons. The summed E-state index contributed by atoms with van der Waals surface area (Å²) < 4.78 is 9.20. The van der Waals surface area contributed by atoms with E-state index in [2.05, 4.69) is 20.5 Å². The predicted molar refractivity (Wildman–Crippen MR) is 95.5 cm³/mol. The fourth-order valence-corrected chi connectivity index (χ4v) is 2.79. The summed E-state index contributed by atoms with van der Waals surface area (Å²) >= 11 is 0. The number of pyridine rings is 2. The van der Waals surface area contributed by atoms with Gasteiger partial charge in [-0.05, 0) is 18.2 Å². The first-order chi connectivity index (χ1) is 12.2. The van der Waals surface area contributed by atoms with Crippen LogP contribution in [0.2, 0.25) is 0 Å². The molecule has 0 aliphatic carbocycles. The molecule has 0 amide bonds. The van der Waals surface area contributed by atoms with E-state index in [1.54, 1.807) is 24.2 Å². The monoisotopic (exact) mass is 334 g/mol. The minimum Gasteiger partial charge on any atom is -0.494 e. The van der Waals surface area contributed by atoms with Gasteiger partial charge in [0.05, 0.1) is 37.4 Å². The summed E-state index contributed by atoms with van der Waals surface area (Å²) in [4.78, 5) is 4.33. The van der Waals surface area contributed by atoms with Gasteiger partial charge in [0.15, 0.2) is 0 Å². The average Bonchev–Trinajstić information content (AvgIpc) is 3.26. The molecule has 4 aromatic rings. The molecule has 7 nitrogen and oxygen atoms in total. The molecule has 0 saturated heterocycles. The van der Waals surface area contributed by atoms with E-state index in [1.165, 1.54) is 0 Å². The van der Waals surface area contributed by atoms with Crippen LogP contribution in [0.4, 0.5) is 5.69 Å². The summed E-state index contributed by atoms with van der Waals surface area (Å²) in [7, 11) is 3.56. The second-order valence-electron chi connectivity index (χ2n) is 5.73. The van der Waals surface area contributed by atoms with Gasteiger partial charge in [-0.3, -0.25) is 9.67 Å². The average molecular weight is 334 g/mol. The summed E-state index contributed by atoms with van der Waals surface area (Å²) in [5, 5.41) is 12.1. The molecule has 0 unspecified atom stereocenters. The van der Waals surface area contributed by atoms with E-state index >= 15 is 0 Å².